The van der Waals surface area contributed by atoms with E-state index in [0.717, 1.165) is 11.3 Å². The molecule has 0 saturated heterocycles. The van der Waals surface area contributed by atoms with E-state index in [1.54, 1.807) is 12.1 Å². The zero-order valence-corrected chi connectivity index (χ0v) is 12.2. The van der Waals surface area contributed by atoms with Crippen LogP contribution in [0.4, 0.5) is 0 Å². The minimum absolute atomic E-state index is 0.136. The average Bonchev–Trinajstić information content (AvgIpc) is 2.54. The highest BCUT2D eigenvalue weighted by Crippen LogP contribution is 2.20. The number of ether oxygens (including phenoxy) is 1. The van der Waals surface area contributed by atoms with Crippen LogP contribution in [0, 0.1) is 0 Å². The van der Waals surface area contributed by atoms with Gasteiger partial charge in [0, 0.05) is 5.56 Å². The lowest BCUT2D eigenvalue weighted by molar-refractivity contribution is 0.339. The lowest BCUT2D eigenvalue weighted by Crippen LogP contribution is -2.09. The fourth-order valence-electron chi connectivity index (χ4n) is 2.26. The van der Waals surface area contributed by atoms with Crippen LogP contribution in [-0.2, 0) is 0 Å². The topological polar surface area (TPSA) is 55.0 Å². The number of aromatic amines is 1. The van der Waals surface area contributed by atoms with E-state index in [2.05, 4.69) is 9.97 Å². The van der Waals surface area contributed by atoms with Gasteiger partial charge in [0.25, 0.3) is 5.56 Å². The number of nitrogens with one attached hydrogen (secondary N) is 1. The van der Waals surface area contributed by atoms with Gasteiger partial charge < -0.3 is 9.72 Å². The SMILES string of the molecule is CCOc1ccccc1C=Cc1nc2ccccc2c(=O)[nH]1. The molecule has 0 aliphatic carbocycles. The van der Waals surface area contributed by atoms with E-state index in [4.69, 9.17) is 4.74 Å². The molecule has 1 aromatic heterocycles. The van der Waals surface area contributed by atoms with Crippen molar-refractivity contribution in [2.45, 2.75) is 6.92 Å². The normalized spacial score (nSPS) is 11.1. The van der Waals surface area contributed by atoms with Gasteiger partial charge in [0.1, 0.15) is 11.6 Å². The van der Waals surface area contributed by atoms with Crippen LogP contribution in [0.2, 0.25) is 0 Å². The molecule has 1 N–H and O–H groups in total. The summed E-state index contributed by atoms with van der Waals surface area (Å²) in [5.74, 6) is 1.33. The van der Waals surface area contributed by atoms with E-state index in [0.29, 0.717) is 23.3 Å². The summed E-state index contributed by atoms with van der Waals surface area (Å²) in [5, 5.41) is 0.592. The Morgan fingerprint density at radius 2 is 1.86 bits per heavy atom. The summed E-state index contributed by atoms with van der Waals surface area (Å²) in [6, 6.07) is 15.0. The van der Waals surface area contributed by atoms with Crippen LogP contribution in [-0.4, -0.2) is 16.6 Å². The number of nitrogens with zero attached hydrogens (tertiary/aromatic N) is 1. The fraction of sp³-hybridized carbons (Fsp3) is 0.111. The molecule has 4 heteroatoms. The van der Waals surface area contributed by atoms with Crippen molar-refractivity contribution in [3.63, 3.8) is 0 Å². The second kappa shape index (κ2) is 6.26. The van der Waals surface area contributed by atoms with E-state index in [1.165, 1.54) is 0 Å². The van der Waals surface area contributed by atoms with Crippen molar-refractivity contribution in [2.24, 2.45) is 0 Å². The van der Waals surface area contributed by atoms with Crippen LogP contribution in [0.15, 0.2) is 53.3 Å². The minimum Gasteiger partial charge on any atom is -0.493 e. The van der Waals surface area contributed by atoms with Crippen molar-refractivity contribution < 1.29 is 4.74 Å². The smallest absolute Gasteiger partial charge is 0.259 e. The first-order valence-corrected chi connectivity index (χ1v) is 7.17. The number of hydrogen-bond donors (Lipinski definition) is 1. The number of fused-ring (bicyclic) bond motifs is 1. The highest BCUT2D eigenvalue weighted by Gasteiger charge is 2.02. The quantitative estimate of drug-likeness (QED) is 0.800. The zero-order chi connectivity index (χ0) is 15.4. The van der Waals surface area contributed by atoms with Gasteiger partial charge in [0.15, 0.2) is 0 Å². The molecule has 0 spiro atoms. The molecular formula is C18H16N2O2. The van der Waals surface area contributed by atoms with Gasteiger partial charge in [-0.2, -0.15) is 0 Å². The van der Waals surface area contributed by atoms with E-state index in [-0.39, 0.29) is 5.56 Å². The van der Waals surface area contributed by atoms with E-state index < -0.39 is 0 Å². The first-order chi connectivity index (χ1) is 10.8. The Hall–Kier alpha value is -2.88. The Balaban J connectivity index is 1.98. The number of aromatic nitrogens is 2. The monoisotopic (exact) mass is 292 g/mol. The molecule has 110 valence electrons. The maximum Gasteiger partial charge on any atom is 0.259 e. The van der Waals surface area contributed by atoms with Gasteiger partial charge in [-0.15, -0.1) is 0 Å². The summed E-state index contributed by atoms with van der Waals surface area (Å²) in [6.45, 7) is 2.55. The summed E-state index contributed by atoms with van der Waals surface area (Å²) in [4.78, 5) is 19.2. The molecule has 0 fully saturated rings. The van der Waals surface area contributed by atoms with Crippen LogP contribution < -0.4 is 10.3 Å². The Bertz CT molecular complexity index is 881. The molecular weight excluding hydrogens is 276 g/mol. The van der Waals surface area contributed by atoms with Gasteiger partial charge in [0.2, 0.25) is 0 Å². The summed E-state index contributed by atoms with van der Waals surface area (Å²) < 4.78 is 5.58. The van der Waals surface area contributed by atoms with Crippen LogP contribution in [0.5, 0.6) is 5.75 Å². The average molecular weight is 292 g/mol. The molecule has 0 radical (unpaired) electrons. The minimum atomic E-state index is -0.136. The van der Waals surface area contributed by atoms with Crippen LogP contribution >= 0.6 is 0 Å². The van der Waals surface area contributed by atoms with Crippen LogP contribution in [0.25, 0.3) is 23.1 Å². The second-order valence-electron chi connectivity index (χ2n) is 4.77. The molecule has 2 aromatic carbocycles. The van der Waals surface area contributed by atoms with Crippen LogP contribution in [0.3, 0.4) is 0 Å². The van der Waals surface area contributed by atoms with Crippen molar-refractivity contribution >= 4 is 23.1 Å². The van der Waals surface area contributed by atoms with Gasteiger partial charge in [-0.25, -0.2) is 4.98 Å². The van der Waals surface area contributed by atoms with Gasteiger partial charge in [-0.05, 0) is 37.3 Å². The summed E-state index contributed by atoms with van der Waals surface area (Å²) in [6.07, 6.45) is 3.67. The van der Waals surface area contributed by atoms with Crippen molar-refractivity contribution in [3.05, 3.63) is 70.3 Å². The van der Waals surface area contributed by atoms with Crippen molar-refractivity contribution in [1.82, 2.24) is 9.97 Å². The molecule has 0 saturated carbocycles. The molecule has 0 aliphatic heterocycles. The van der Waals surface area contributed by atoms with Crippen molar-refractivity contribution in [2.75, 3.05) is 6.61 Å². The molecule has 0 aliphatic rings. The summed E-state index contributed by atoms with van der Waals surface area (Å²) >= 11 is 0. The maximum absolute atomic E-state index is 12.0. The Morgan fingerprint density at radius 1 is 1.09 bits per heavy atom. The summed E-state index contributed by atoms with van der Waals surface area (Å²) in [7, 11) is 0. The van der Waals surface area contributed by atoms with Gasteiger partial charge >= 0.3 is 0 Å². The van der Waals surface area contributed by atoms with Crippen molar-refractivity contribution in [3.8, 4) is 5.75 Å². The number of rotatable bonds is 4. The zero-order valence-electron chi connectivity index (χ0n) is 12.2. The van der Waals surface area contributed by atoms with Gasteiger partial charge in [-0.3, -0.25) is 4.79 Å². The number of hydrogen-bond acceptors (Lipinski definition) is 3. The first-order valence-electron chi connectivity index (χ1n) is 7.17. The summed E-state index contributed by atoms with van der Waals surface area (Å²) in [5.41, 5.74) is 1.49. The van der Waals surface area contributed by atoms with E-state index in [9.17, 15) is 4.79 Å². The number of H-pyrrole nitrogens is 1. The molecule has 22 heavy (non-hydrogen) atoms. The molecule has 3 rings (SSSR count). The van der Waals surface area contributed by atoms with E-state index >= 15 is 0 Å². The molecule has 3 aromatic rings. The van der Waals surface area contributed by atoms with Gasteiger partial charge in [0.05, 0.1) is 17.5 Å². The third-order valence-electron chi connectivity index (χ3n) is 3.27. The number of para-hydroxylation sites is 2. The predicted molar refractivity (Wildman–Crippen MR) is 88.9 cm³/mol. The van der Waals surface area contributed by atoms with Gasteiger partial charge in [-0.1, -0.05) is 30.3 Å². The van der Waals surface area contributed by atoms with Crippen molar-refractivity contribution in [1.29, 1.82) is 0 Å². The molecule has 1 heterocycles. The lowest BCUT2D eigenvalue weighted by Gasteiger charge is -2.06. The fourth-order valence-corrected chi connectivity index (χ4v) is 2.26. The molecule has 0 amide bonds. The highest BCUT2D eigenvalue weighted by molar-refractivity contribution is 5.79. The Morgan fingerprint density at radius 3 is 2.73 bits per heavy atom. The largest absolute Gasteiger partial charge is 0.493 e. The molecule has 0 atom stereocenters. The molecule has 4 nitrogen and oxygen atoms in total. The lowest BCUT2D eigenvalue weighted by atomic mass is 10.2. The predicted octanol–water partition coefficient (Wildman–Crippen LogP) is 3.49. The third kappa shape index (κ3) is 2.91. The first kappa shape index (κ1) is 14.1. The standard InChI is InChI=1S/C18H16N2O2/c1-2-22-16-10-6-3-7-13(16)11-12-17-19-15-9-5-4-8-14(15)18(21)20-17/h3-12H,2H2,1H3,(H,19,20,21). The maximum atomic E-state index is 12.0. The Kier molecular flexibility index (Phi) is 4.01. The Labute approximate surface area is 128 Å². The number of benzene rings is 2. The van der Waals surface area contributed by atoms with E-state index in [1.807, 2.05) is 55.5 Å². The second-order valence-corrected chi connectivity index (χ2v) is 4.77. The molecule has 0 unspecified atom stereocenters. The highest BCUT2D eigenvalue weighted by atomic mass is 16.5. The molecule has 0 bridgehead atoms. The third-order valence-corrected chi connectivity index (χ3v) is 3.27. The van der Waals surface area contributed by atoms with Crippen LogP contribution in [0.1, 0.15) is 18.3 Å².